The summed E-state index contributed by atoms with van der Waals surface area (Å²) in [6.07, 6.45) is 0.387. The van der Waals surface area contributed by atoms with Crippen LogP contribution in [0.5, 0.6) is 0 Å². The lowest BCUT2D eigenvalue weighted by Crippen LogP contribution is -2.49. The summed E-state index contributed by atoms with van der Waals surface area (Å²) in [6, 6.07) is -0.588. The van der Waals surface area contributed by atoms with E-state index < -0.39 is 41.1 Å². The molecular weight excluding hydrogens is 504 g/mol. The third kappa shape index (κ3) is 5.71. The van der Waals surface area contributed by atoms with Gasteiger partial charge in [-0.3, -0.25) is 4.57 Å². The highest BCUT2D eigenvalue weighted by Gasteiger charge is 2.52. The lowest BCUT2D eigenvalue weighted by molar-refractivity contribution is -0.0458. The number of aromatic nitrogens is 4. The van der Waals surface area contributed by atoms with E-state index in [2.05, 4.69) is 87.7 Å². The van der Waals surface area contributed by atoms with E-state index in [4.69, 9.17) is 24.3 Å². The van der Waals surface area contributed by atoms with Gasteiger partial charge in [0.15, 0.2) is 39.8 Å². The molecule has 0 radical (unpaired) electrons. The largest absolute Gasteiger partial charge is 0.414 e. The quantitative estimate of drug-likeness (QED) is 0.185. The van der Waals surface area contributed by atoms with Crippen molar-refractivity contribution in [3.8, 4) is 0 Å². The number of azide groups is 1. The van der Waals surface area contributed by atoms with Crippen LogP contribution in [0.1, 0.15) is 60.5 Å². The average molecular weight is 549 g/mol. The molecule has 0 spiro atoms. The highest BCUT2D eigenvalue weighted by atomic mass is 28.4. The summed E-state index contributed by atoms with van der Waals surface area (Å²) < 4.78 is 22.1. The van der Waals surface area contributed by atoms with Gasteiger partial charge in [0.25, 0.3) is 0 Å². The van der Waals surface area contributed by atoms with E-state index in [1.165, 1.54) is 6.33 Å². The monoisotopic (exact) mass is 548 g/mol. The maximum Gasteiger partial charge on any atom is 0.192 e. The SMILES string of the molecule is CCc1nc2c(N)ncnc2n1C1OC(CO[Si](C)(C)C(C)(C)C)C(N=[N+]=[N-])C1O[Si](C)(C)C(C)(C)C. The Morgan fingerprint density at radius 2 is 1.73 bits per heavy atom. The molecule has 2 aromatic heterocycles. The molecule has 11 nitrogen and oxygen atoms in total. The molecule has 4 unspecified atom stereocenters. The lowest BCUT2D eigenvalue weighted by atomic mass is 10.1. The van der Waals surface area contributed by atoms with Crippen LogP contribution in [0.15, 0.2) is 11.4 Å². The Labute approximate surface area is 222 Å². The fraction of sp³-hybridized carbons (Fsp3) is 0.792. The van der Waals surface area contributed by atoms with Gasteiger partial charge in [-0.05, 0) is 41.8 Å². The zero-order chi connectivity index (χ0) is 28.0. The Morgan fingerprint density at radius 1 is 1.11 bits per heavy atom. The number of nitrogens with two attached hydrogens (primary N) is 1. The minimum atomic E-state index is -2.31. The van der Waals surface area contributed by atoms with E-state index >= 15 is 0 Å². The van der Waals surface area contributed by atoms with Crippen molar-refractivity contribution in [1.29, 1.82) is 0 Å². The van der Waals surface area contributed by atoms with E-state index in [0.29, 0.717) is 30.0 Å². The van der Waals surface area contributed by atoms with E-state index in [0.717, 1.165) is 5.82 Å². The van der Waals surface area contributed by atoms with Gasteiger partial charge in [-0.1, -0.05) is 53.6 Å². The minimum absolute atomic E-state index is 0.0282. The fourth-order valence-corrected chi connectivity index (χ4v) is 6.21. The zero-order valence-corrected chi connectivity index (χ0v) is 26.2. The summed E-state index contributed by atoms with van der Waals surface area (Å²) in [4.78, 5) is 16.6. The number of imidazole rings is 1. The van der Waals surface area contributed by atoms with Crippen LogP contribution in [0.4, 0.5) is 5.82 Å². The van der Waals surface area contributed by atoms with Gasteiger partial charge >= 0.3 is 0 Å². The second kappa shape index (κ2) is 10.3. The molecule has 206 valence electrons. The van der Waals surface area contributed by atoms with Crippen molar-refractivity contribution in [2.24, 2.45) is 5.11 Å². The van der Waals surface area contributed by atoms with E-state index in [9.17, 15) is 5.53 Å². The van der Waals surface area contributed by atoms with Crippen molar-refractivity contribution >= 4 is 33.6 Å². The van der Waals surface area contributed by atoms with Crippen LogP contribution in [0.2, 0.25) is 36.3 Å². The summed E-state index contributed by atoms with van der Waals surface area (Å²) in [5.74, 6) is 1.06. The Bertz CT molecular complexity index is 1170. The fourth-order valence-electron chi connectivity index (χ4n) is 3.90. The van der Waals surface area contributed by atoms with Gasteiger partial charge < -0.3 is 19.3 Å². The molecule has 0 aliphatic carbocycles. The molecule has 1 aliphatic heterocycles. The molecule has 0 saturated carbocycles. The van der Waals surface area contributed by atoms with Crippen LogP contribution in [-0.4, -0.2) is 61.0 Å². The van der Waals surface area contributed by atoms with Crippen molar-refractivity contribution in [1.82, 2.24) is 19.5 Å². The van der Waals surface area contributed by atoms with Crippen LogP contribution in [0, 0.1) is 0 Å². The van der Waals surface area contributed by atoms with E-state index in [1.54, 1.807) is 0 Å². The molecule has 3 heterocycles. The second-order valence-electron chi connectivity index (χ2n) is 12.9. The lowest BCUT2D eigenvalue weighted by Gasteiger charge is -2.40. The van der Waals surface area contributed by atoms with Crippen LogP contribution in [0.3, 0.4) is 0 Å². The molecule has 1 aliphatic rings. The second-order valence-corrected chi connectivity index (χ2v) is 22.4. The Kier molecular flexibility index (Phi) is 8.20. The molecule has 13 heteroatoms. The number of hydrogen-bond donors (Lipinski definition) is 1. The smallest absolute Gasteiger partial charge is 0.192 e. The molecule has 3 rings (SSSR count). The van der Waals surface area contributed by atoms with Gasteiger partial charge in [-0.2, -0.15) is 0 Å². The van der Waals surface area contributed by atoms with Gasteiger partial charge in [0.1, 0.15) is 18.3 Å². The molecule has 2 N–H and O–H groups in total. The van der Waals surface area contributed by atoms with Crippen molar-refractivity contribution in [2.45, 2.75) is 116 Å². The third-order valence-corrected chi connectivity index (χ3v) is 17.3. The van der Waals surface area contributed by atoms with Crippen LogP contribution in [0.25, 0.3) is 21.6 Å². The summed E-state index contributed by atoms with van der Waals surface area (Å²) in [5, 5.41) is 4.19. The van der Waals surface area contributed by atoms with Crippen molar-refractivity contribution in [3.63, 3.8) is 0 Å². The molecule has 0 aromatic carbocycles. The highest BCUT2D eigenvalue weighted by molar-refractivity contribution is 6.74. The molecular formula is C24H44N8O3Si2. The van der Waals surface area contributed by atoms with Crippen molar-refractivity contribution in [2.75, 3.05) is 12.3 Å². The standard InChI is InChI=1S/C24H44N8O3Si2/c1-12-16-29-18-20(25)27-14-28-21(18)32(16)22-19(35-37(10,11)24(5,6)7)17(30-31-26)15(34-22)13-33-36(8,9)23(2,3)4/h14-15,17,19,22H,12-13H2,1-11H3,(H2,25,27,28). The first-order valence-corrected chi connectivity index (χ1v) is 18.8. The Hall–Kier alpha value is -2.03. The number of nitrogens with zero attached hydrogens (tertiary/aromatic N) is 7. The van der Waals surface area contributed by atoms with Crippen LogP contribution >= 0.6 is 0 Å². The molecule has 0 amide bonds. The third-order valence-electron chi connectivity index (χ3n) is 8.30. The number of anilines is 1. The maximum absolute atomic E-state index is 9.57. The molecule has 0 bridgehead atoms. The number of hydrogen-bond acceptors (Lipinski definition) is 8. The summed E-state index contributed by atoms with van der Waals surface area (Å²) in [6.45, 7) is 24.2. The van der Waals surface area contributed by atoms with E-state index in [-0.39, 0.29) is 10.1 Å². The van der Waals surface area contributed by atoms with Gasteiger partial charge in [-0.25, -0.2) is 15.0 Å². The van der Waals surface area contributed by atoms with Crippen LogP contribution < -0.4 is 5.73 Å². The van der Waals surface area contributed by atoms with Crippen molar-refractivity contribution < 1.29 is 13.6 Å². The number of nitrogen functional groups attached to an aromatic ring is 1. The van der Waals surface area contributed by atoms with Gasteiger partial charge in [-0.15, -0.1) is 0 Å². The first-order valence-electron chi connectivity index (χ1n) is 12.9. The zero-order valence-electron chi connectivity index (χ0n) is 24.2. The summed E-state index contributed by atoms with van der Waals surface area (Å²) >= 11 is 0. The first-order chi connectivity index (χ1) is 16.9. The Morgan fingerprint density at radius 3 is 2.27 bits per heavy atom. The minimum Gasteiger partial charge on any atom is -0.414 e. The summed E-state index contributed by atoms with van der Waals surface area (Å²) in [7, 11) is -4.39. The number of ether oxygens (including phenoxy) is 1. The summed E-state index contributed by atoms with van der Waals surface area (Å²) in [5.41, 5.74) is 16.8. The number of fused-ring (bicyclic) bond motifs is 1. The van der Waals surface area contributed by atoms with E-state index in [1.807, 2.05) is 11.5 Å². The molecule has 1 fully saturated rings. The maximum atomic E-state index is 9.57. The topological polar surface area (TPSA) is 146 Å². The molecule has 2 aromatic rings. The highest BCUT2D eigenvalue weighted by Crippen LogP contribution is 2.44. The Balaban J connectivity index is 2.13. The number of aryl methyl sites for hydroxylation is 1. The molecule has 37 heavy (non-hydrogen) atoms. The normalized spacial score (nSPS) is 23.4. The predicted octanol–water partition coefficient (Wildman–Crippen LogP) is 5.96. The first kappa shape index (κ1) is 29.5. The number of rotatable bonds is 8. The predicted molar refractivity (Wildman–Crippen MR) is 151 cm³/mol. The molecule has 4 atom stereocenters. The van der Waals surface area contributed by atoms with Crippen LogP contribution in [-0.2, 0) is 20.0 Å². The van der Waals surface area contributed by atoms with Crippen molar-refractivity contribution in [3.05, 3.63) is 22.6 Å². The van der Waals surface area contributed by atoms with Gasteiger partial charge in [0, 0.05) is 11.3 Å². The molecule has 1 saturated heterocycles. The van der Waals surface area contributed by atoms with Gasteiger partial charge in [0.2, 0.25) is 0 Å². The average Bonchev–Trinajstić information content (AvgIpc) is 3.30. The van der Waals surface area contributed by atoms with Gasteiger partial charge in [0.05, 0.1) is 18.8 Å².